The fourth-order valence-corrected chi connectivity index (χ4v) is 2.21. The van der Waals surface area contributed by atoms with Crippen LogP contribution in [0.1, 0.15) is 37.7 Å². The number of aromatic nitrogens is 1. The minimum absolute atomic E-state index is 0.740. The van der Waals surface area contributed by atoms with E-state index in [-0.39, 0.29) is 0 Å². The summed E-state index contributed by atoms with van der Waals surface area (Å²) in [4.78, 5) is 3.09. The molecule has 13 heavy (non-hydrogen) atoms. The lowest BCUT2D eigenvalue weighted by Crippen LogP contribution is -2.07. The molecule has 1 aliphatic carbocycles. The number of H-pyrrole nitrogens is 1. The van der Waals surface area contributed by atoms with E-state index in [0.29, 0.717) is 0 Å². The number of allylic oxidation sites excluding steroid dienone is 1. The van der Waals surface area contributed by atoms with Crippen LogP contribution in [-0.2, 0) is 0 Å². The van der Waals surface area contributed by atoms with Crippen LogP contribution in [-0.4, -0.2) is 4.98 Å². The van der Waals surface area contributed by atoms with Gasteiger partial charge in [-0.25, -0.2) is 0 Å². The molecule has 2 rings (SSSR count). The van der Waals surface area contributed by atoms with Crippen molar-refractivity contribution >= 4 is 5.57 Å². The van der Waals surface area contributed by atoms with Gasteiger partial charge in [0.25, 0.3) is 0 Å². The summed E-state index contributed by atoms with van der Waals surface area (Å²) in [5.74, 6) is 0.740. The Morgan fingerprint density at radius 1 is 1.31 bits per heavy atom. The van der Waals surface area contributed by atoms with Crippen molar-refractivity contribution in [1.82, 2.24) is 4.98 Å². The molecule has 1 aromatic rings. The van der Waals surface area contributed by atoms with E-state index in [4.69, 9.17) is 0 Å². The maximum Gasteiger partial charge on any atom is 0.00807 e. The third-order valence-electron chi connectivity index (χ3n) is 3.07. The van der Waals surface area contributed by atoms with Crippen LogP contribution in [0.2, 0.25) is 0 Å². The predicted octanol–water partition coefficient (Wildman–Crippen LogP) is 3.61. The van der Waals surface area contributed by atoms with E-state index in [9.17, 15) is 0 Å². The van der Waals surface area contributed by atoms with Crippen LogP contribution in [0, 0.1) is 5.92 Å². The maximum atomic E-state index is 4.20. The summed E-state index contributed by atoms with van der Waals surface area (Å²) in [5.41, 5.74) is 2.63. The Bertz CT molecular complexity index is 265. The molecule has 1 saturated carbocycles. The molecular weight excluding hydrogens is 158 g/mol. The van der Waals surface area contributed by atoms with Crippen LogP contribution in [0.15, 0.2) is 25.0 Å². The van der Waals surface area contributed by atoms with Gasteiger partial charge in [-0.3, -0.25) is 0 Å². The SMILES string of the molecule is C=C(c1cc[nH]c1)C1CCCCC1. The maximum absolute atomic E-state index is 4.20. The number of rotatable bonds is 2. The van der Waals surface area contributed by atoms with Gasteiger partial charge in [-0.2, -0.15) is 0 Å². The number of nitrogens with one attached hydrogen (secondary N) is 1. The molecule has 1 nitrogen and oxygen atoms in total. The van der Waals surface area contributed by atoms with E-state index >= 15 is 0 Å². The molecule has 0 spiro atoms. The summed E-state index contributed by atoms with van der Waals surface area (Å²) in [7, 11) is 0. The molecule has 70 valence electrons. The van der Waals surface area contributed by atoms with E-state index in [2.05, 4.69) is 23.8 Å². The zero-order chi connectivity index (χ0) is 9.10. The highest BCUT2D eigenvalue weighted by molar-refractivity contribution is 5.64. The van der Waals surface area contributed by atoms with Gasteiger partial charge in [-0.05, 0) is 36.0 Å². The second-order valence-corrected chi connectivity index (χ2v) is 3.96. The molecule has 0 atom stereocenters. The molecular formula is C12H17N. The topological polar surface area (TPSA) is 15.8 Å². The van der Waals surface area contributed by atoms with Gasteiger partial charge in [0.15, 0.2) is 0 Å². The summed E-state index contributed by atoms with van der Waals surface area (Å²) in [6.07, 6.45) is 10.9. The minimum atomic E-state index is 0.740. The Kier molecular flexibility index (Phi) is 2.53. The Hall–Kier alpha value is -0.980. The fraction of sp³-hybridized carbons (Fsp3) is 0.500. The van der Waals surface area contributed by atoms with Crippen LogP contribution in [0.5, 0.6) is 0 Å². The molecule has 1 heteroatoms. The lowest BCUT2D eigenvalue weighted by molar-refractivity contribution is 0.430. The quantitative estimate of drug-likeness (QED) is 0.706. The van der Waals surface area contributed by atoms with Crippen molar-refractivity contribution in [2.45, 2.75) is 32.1 Å². The van der Waals surface area contributed by atoms with E-state index in [0.717, 1.165) is 5.92 Å². The van der Waals surface area contributed by atoms with Gasteiger partial charge in [0.1, 0.15) is 0 Å². The van der Waals surface area contributed by atoms with E-state index in [1.165, 1.54) is 43.2 Å². The molecule has 0 amide bonds. The molecule has 0 aliphatic heterocycles. The average molecular weight is 175 g/mol. The highest BCUT2D eigenvalue weighted by Crippen LogP contribution is 2.33. The normalized spacial score (nSPS) is 18.8. The second kappa shape index (κ2) is 3.82. The van der Waals surface area contributed by atoms with Gasteiger partial charge in [-0.15, -0.1) is 0 Å². The third kappa shape index (κ3) is 1.85. The van der Waals surface area contributed by atoms with Gasteiger partial charge in [0.05, 0.1) is 0 Å². The Morgan fingerprint density at radius 3 is 2.69 bits per heavy atom. The molecule has 1 aliphatic rings. The Morgan fingerprint density at radius 2 is 2.08 bits per heavy atom. The number of hydrogen-bond donors (Lipinski definition) is 1. The van der Waals surface area contributed by atoms with Crippen molar-refractivity contribution in [3.05, 3.63) is 30.6 Å². The van der Waals surface area contributed by atoms with Gasteiger partial charge in [0, 0.05) is 12.4 Å². The summed E-state index contributed by atoms with van der Waals surface area (Å²) in [5, 5.41) is 0. The van der Waals surface area contributed by atoms with Gasteiger partial charge in [0.2, 0.25) is 0 Å². The van der Waals surface area contributed by atoms with Crippen LogP contribution in [0.3, 0.4) is 0 Å². The summed E-state index contributed by atoms with van der Waals surface area (Å²) in [6, 6.07) is 2.12. The summed E-state index contributed by atoms with van der Waals surface area (Å²) in [6.45, 7) is 4.20. The van der Waals surface area contributed by atoms with E-state index < -0.39 is 0 Å². The van der Waals surface area contributed by atoms with Crippen molar-refractivity contribution in [3.8, 4) is 0 Å². The monoisotopic (exact) mass is 175 g/mol. The summed E-state index contributed by atoms with van der Waals surface area (Å²) < 4.78 is 0. The van der Waals surface area contributed by atoms with Crippen molar-refractivity contribution < 1.29 is 0 Å². The predicted molar refractivity (Wildman–Crippen MR) is 56.4 cm³/mol. The molecule has 1 N–H and O–H groups in total. The Balaban J connectivity index is 2.04. The lowest BCUT2D eigenvalue weighted by Gasteiger charge is -2.23. The smallest absolute Gasteiger partial charge is 0.00807 e. The molecule has 1 fully saturated rings. The average Bonchev–Trinajstić information content (AvgIpc) is 2.71. The van der Waals surface area contributed by atoms with Gasteiger partial charge in [-0.1, -0.05) is 25.8 Å². The fourth-order valence-electron chi connectivity index (χ4n) is 2.21. The Labute approximate surface area is 79.9 Å². The lowest BCUT2D eigenvalue weighted by atomic mass is 9.82. The first kappa shape index (κ1) is 8.61. The van der Waals surface area contributed by atoms with Crippen LogP contribution < -0.4 is 0 Å². The standard InChI is InChI=1S/C12H17N/c1-10(12-7-8-13-9-12)11-5-3-2-4-6-11/h7-9,11,13H,1-6H2. The van der Waals surface area contributed by atoms with Crippen molar-refractivity contribution in [2.24, 2.45) is 5.92 Å². The van der Waals surface area contributed by atoms with E-state index in [1.807, 2.05) is 6.20 Å². The summed E-state index contributed by atoms with van der Waals surface area (Å²) >= 11 is 0. The molecule has 1 aromatic heterocycles. The number of aromatic amines is 1. The molecule has 0 saturated heterocycles. The van der Waals surface area contributed by atoms with Gasteiger partial charge >= 0.3 is 0 Å². The molecule has 0 aromatic carbocycles. The van der Waals surface area contributed by atoms with Crippen LogP contribution in [0.4, 0.5) is 0 Å². The first-order chi connectivity index (χ1) is 6.38. The van der Waals surface area contributed by atoms with Crippen molar-refractivity contribution in [2.75, 3.05) is 0 Å². The molecule has 0 radical (unpaired) electrons. The highest BCUT2D eigenvalue weighted by atomic mass is 14.6. The molecule has 0 bridgehead atoms. The zero-order valence-electron chi connectivity index (χ0n) is 8.05. The number of hydrogen-bond acceptors (Lipinski definition) is 0. The van der Waals surface area contributed by atoms with Gasteiger partial charge < -0.3 is 4.98 Å². The van der Waals surface area contributed by atoms with Crippen LogP contribution in [0.25, 0.3) is 5.57 Å². The molecule has 0 unspecified atom stereocenters. The highest BCUT2D eigenvalue weighted by Gasteiger charge is 2.17. The third-order valence-corrected chi connectivity index (χ3v) is 3.07. The molecule has 1 heterocycles. The van der Waals surface area contributed by atoms with E-state index in [1.54, 1.807) is 0 Å². The largest absolute Gasteiger partial charge is 0.367 e. The minimum Gasteiger partial charge on any atom is -0.367 e. The second-order valence-electron chi connectivity index (χ2n) is 3.96. The van der Waals surface area contributed by atoms with Crippen molar-refractivity contribution in [1.29, 1.82) is 0 Å². The van der Waals surface area contributed by atoms with Crippen LogP contribution >= 0.6 is 0 Å². The zero-order valence-corrected chi connectivity index (χ0v) is 8.05. The first-order valence-corrected chi connectivity index (χ1v) is 5.20. The first-order valence-electron chi connectivity index (χ1n) is 5.20. The van der Waals surface area contributed by atoms with Crippen molar-refractivity contribution in [3.63, 3.8) is 0 Å².